The summed E-state index contributed by atoms with van der Waals surface area (Å²) in [6.07, 6.45) is 2.81. The average molecular weight is 280 g/mol. The zero-order valence-electron chi connectivity index (χ0n) is 11.8. The van der Waals surface area contributed by atoms with Gasteiger partial charge >= 0.3 is 0 Å². The quantitative estimate of drug-likeness (QED) is 0.892. The van der Waals surface area contributed by atoms with Crippen LogP contribution in [0.5, 0.6) is 0 Å². The number of hydrogen-bond donors (Lipinski definition) is 1. The summed E-state index contributed by atoms with van der Waals surface area (Å²) < 4.78 is 11.2. The van der Waals surface area contributed by atoms with Crippen molar-refractivity contribution in [2.75, 3.05) is 31.6 Å². The molecule has 106 valence electrons. The standard InChI is InChI=1S/C15H24N2OS/c1-13(8-11-19(2)18)17-10-9-16-15(12-17)14-6-4-3-5-7-14/h3-7,13,15-16H,8-12H2,1-2H3. The fraction of sp³-hybridized carbons (Fsp3) is 0.600. The Balaban J connectivity index is 1.91. The molecule has 19 heavy (non-hydrogen) atoms. The van der Waals surface area contributed by atoms with Gasteiger partial charge in [0, 0.05) is 54.5 Å². The molecule has 0 aromatic heterocycles. The Hall–Kier alpha value is -0.710. The fourth-order valence-corrected chi connectivity index (χ4v) is 3.27. The number of benzene rings is 1. The van der Waals surface area contributed by atoms with Crippen LogP contribution in [0.3, 0.4) is 0 Å². The van der Waals surface area contributed by atoms with E-state index in [1.807, 2.05) is 0 Å². The van der Waals surface area contributed by atoms with Crippen LogP contribution < -0.4 is 5.32 Å². The molecule has 0 amide bonds. The highest BCUT2D eigenvalue weighted by Gasteiger charge is 2.23. The number of hydrogen-bond acceptors (Lipinski definition) is 3. The largest absolute Gasteiger partial charge is 0.308 e. The molecule has 1 N–H and O–H groups in total. The monoisotopic (exact) mass is 280 g/mol. The summed E-state index contributed by atoms with van der Waals surface area (Å²) in [5.41, 5.74) is 1.36. The molecule has 0 radical (unpaired) electrons. The third kappa shape index (κ3) is 4.41. The van der Waals surface area contributed by atoms with Gasteiger partial charge in [0.05, 0.1) is 0 Å². The lowest BCUT2D eigenvalue weighted by Crippen LogP contribution is -2.49. The Bertz CT molecular complexity index is 410. The highest BCUT2D eigenvalue weighted by atomic mass is 32.2. The van der Waals surface area contributed by atoms with Crippen LogP contribution in [-0.4, -0.2) is 46.8 Å². The highest BCUT2D eigenvalue weighted by molar-refractivity contribution is 7.84. The van der Waals surface area contributed by atoms with Crippen molar-refractivity contribution in [2.45, 2.75) is 25.4 Å². The molecule has 0 bridgehead atoms. The van der Waals surface area contributed by atoms with E-state index in [1.165, 1.54) is 5.56 Å². The maximum atomic E-state index is 11.2. The molecule has 3 atom stereocenters. The predicted molar refractivity (Wildman–Crippen MR) is 81.8 cm³/mol. The van der Waals surface area contributed by atoms with E-state index in [-0.39, 0.29) is 0 Å². The van der Waals surface area contributed by atoms with Gasteiger partial charge in [-0.2, -0.15) is 0 Å². The van der Waals surface area contributed by atoms with Gasteiger partial charge < -0.3 is 5.32 Å². The van der Waals surface area contributed by atoms with E-state index >= 15 is 0 Å². The smallest absolute Gasteiger partial charge is 0.0449 e. The van der Waals surface area contributed by atoms with Crippen molar-refractivity contribution in [3.8, 4) is 0 Å². The second-order valence-electron chi connectivity index (χ2n) is 5.33. The van der Waals surface area contributed by atoms with Gasteiger partial charge in [-0.3, -0.25) is 9.11 Å². The minimum Gasteiger partial charge on any atom is -0.308 e. The lowest BCUT2D eigenvalue weighted by molar-refractivity contribution is 0.150. The third-order valence-corrected chi connectivity index (χ3v) is 4.67. The van der Waals surface area contributed by atoms with Crippen molar-refractivity contribution in [3.05, 3.63) is 35.9 Å². The topological polar surface area (TPSA) is 32.3 Å². The Morgan fingerprint density at radius 2 is 2.16 bits per heavy atom. The Labute approximate surface area is 118 Å². The van der Waals surface area contributed by atoms with Gasteiger partial charge in [-0.15, -0.1) is 0 Å². The van der Waals surface area contributed by atoms with E-state index in [1.54, 1.807) is 6.26 Å². The van der Waals surface area contributed by atoms with Crippen LogP contribution in [0.2, 0.25) is 0 Å². The number of nitrogens with zero attached hydrogens (tertiary/aromatic N) is 1. The molecule has 0 spiro atoms. The number of piperazine rings is 1. The normalized spacial score (nSPS) is 24.0. The zero-order chi connectivity index (χ0) is 13.7. The minimum atomic E-state index is -0.678. The SMILES string of the molecule is CC(CCS(C)=O)N1CCNC(c2ccccc2)C1. The van der Waals surface area contributed by atoms with Crippen LogP contribution >= 0.6 is 0 Å². The van der Waals surface area contributed by atoms with Gasteiger partial charge in [0.25, 0.3) is 0 Å². The fourth-order valence-electron chi connectivity index (χ4n) is 2.60. The van der Waals surface area contributed by atoms with Crippen molar-refractivity contribution in [3.63, 3.8) is 0 Å². The van der Waals surface area contributed by atoms with E-state index in [2.05, 4.69) is 47.5 Å². The Kier molecular flexibility index (Phi) is 5.55. The molecule has 2 rings (SSSR count). The van der Waals surface area contributed by atoms with Gasteiger partial charge in [0.2, 0.25) is 0 Å². The lowest BCUT2D eigenvalue weighted by atomic mass is 10.0. The average Bonchev–Trinajstić information content (AvgIpc) is 2.46. The van der Waals surface area contributed by atoms with Crippen molar-refractivity contribution < 1.29 is 4.21 Å². The summed E-state index contributed by atoms with van der Waals surface area (Å²) in [6.45, 7) is 5.40. The van der Waals surface area contributed by atoms with Crippen LogP contribution in [-0.2, 0) is 10.8 Å². The molecule has 1 aliphatic rings. The second-order valence-corrected chi connectivity index (χ2v) is 6.88. The lowest BCUT2D eigenvalue weighted by Gasteiger charge is -2.37. The van der Waals surface area contributed by atoms with Crippen molar-refractivity contribution in [1.29, 1.82) is 0 Å². The molecule has 1 saturated heterocycles. The first-order valence-electron chi connectivity index (χ1n) is 6.99. The second kappa shape index (κ2) is 7.17. The van der Waals surface area contributed by atoms with Crippen LogP contribution in [0.4, 0.5) is 0 Å². The molecular weight excluding hydrogens is 256 g/mol. The van der Waals surface area contributed by atoms with Crippen LogP contribution in [0, 0.1) is 0 Å². The van der Waals surface area contributed by atoms with Gasteiger partial charge in [0.1, 0.15) is 0 Å². The van der Waals surface area contributed by atoms with E-state index in [9.17, 15) is 4.21 Å². The maximum absolute atomic E-state index is 11.2. The summed E-state index contributed by atoms with van der Waals surface area (Å²) >= 11 is 0. The predicted octanol–water partition coefficient (Wildman–Crippen LogP) is 1.79. The van der Waals surface area contributed by atoms with Crippen LogP contribution in [0.1, 0.15) is 24.9 Å². The van der Waals surface area contributed by atoms with Gasteiger partial charge in [-0.25, -0.2) is 0 Å². The Morgan fingerprint density at radius 1 is 1.42 bits per heavy atom. The third-order valence-electron chi connectivity index (χ3n) is 3.86. The first kappa shape index (κ1) is 14.7. The number of rotatable bonds is 5. The first-order valence-corrected chi connectivity index (χ1v) is 8.72. The summed E-state index contributed by atoms with van der Waals surface area (Å²) in [5.74, 6) is 0.807. The molecule has 1 aromatic carbocycles. The van der Waals surface area contributed by atoms with Crippen molar-refractivity contribution in [2.24, 2.45) is 0 Å². The summed E-state index contributed by atoms with van der Waals surface area (Å²) in [4.78, 5) is 2.51. The van der Waals surface area contributed by atoms with E-state index in [0.29, 0.717) is 12.1 Å². The summed E-state index contributed by atoms with van der Waals surface area (Å²) in [5, 5.41) is 3.58. The number of nitrogens with one attached hydrogen (secondary N) is 1. The van der Waals surface area contributed by atoms with E-state index < -0.39 is 10.8 Å². The molecule has 0 saturated carbocycles. The minimum absolute atomic E-state index is 0.421. The highest BCUT2D eigenvalue weighted by Crippen LogP contribution is 2.19. The molecule has 3 unspecified atom stereocenters. The molecule has 0 aliphatic carbocycles. The molecule has 1 heterocycles. The van der Waals surface area contributed by atoms with E-state index in [4.69, 9.17) is 0 Å². The van der Waals surface area contributed by atoms with Crippen molar-refractivity contribution >= 4 is 10.8 Å². The van der Waals surface area contributed by atoms with Gasteiger partial charge in [-0.1, -0.05) is 30.3 Å². The molecule has 3 nitrogen and oxygen atoms in total. The molecule has 4 heteroatoms. The maximum Gasteiger partial charge on any atom is 0.0449 e. The Morgan fingerprint density at radius 3 is 2.84 bits per heavy atom. The van der Waals surface area contributed by atoms with Crippen molar-refractivity contribution in [1.82, 2.24) is 10.2 Å². The van der Waals surface area contributed by atoms with Crippen LogP contribution in [0.25, 0.3) is 0 Å². The summed E-state index contributed by atoms with van der Waals surface area (Å²) in [7, 11) is -0.678. The molecule has 1 aromatic rings. The van der Waals surface area contributed by atoms with E-state index in [0.717, 1.165) is 31.8 Å². The zero-order valence-corrected chi connectivity index (χ0v) is 12.7. The molecule has 1 aliphatic heterocycles. The van der Waals surface area contributed by atoms with Gasteiger partial charge in [-0.05, 0) is 18.9 Å². The first-order chi connectivity index (χ1) is 9.16. The molecular formula is C15H24N2OS. The molecule has 1 fully saturated rings. The van der Waals surface area contributed by atoms with Gasteiger partial charge in [0.15, 0.2) is 0 Å². The van der Waals surface area contributed by atoms with Crippen LogP contribution in [0.15, 0.2) is 30.3 Å². The summed E-state index contributed by atoms with van der Waals surface area (Å²) in [6, 6.07) is 11.6.